The van der Waals surface area contributed by atoms with Gasteiger partial charge in [-0.15, -0.1) is 0 Å². The predicted octanol–water partition coefficient (Wildman–Crippen LogP) is 2.32. The summed E-state index contributed by atoms with van der Waals surface area (Å²) in [6.07, 6.45) is 3.87. The molecule has 1 aromatic rings. The first-order valence-corrected chi connectivity index (χ1v) is 5.02. The van der Waals surface area contributed by atoms with Crippen molar-refractivity contribution in [3.8, 4) is 0 Å². The van der Waals surface area contributed by atoms with Gasteiger partial charge in [-0.3, -0.25) is 0 Å². The molecule has 1 heteroatoms. The second kappa shape index (κ2) is 3.15. The highest BCUT2D eigenvalue weighted by atomic mass is 16.3. The lowest BCUT2D eigenvalue weighted by Gasteiger charge is -2.07. The highest BCUT2D eigenvalue weighted by Crippen LogP contribution is 2.38. The van der Waals surface area contributed by atoms with E-state index in [2.05, 4.69) is 31.2 Å². The van der Waals surface area contributed by atoms with Gasteiger partial charge in [0.2, 0.25) is 0 Å². The number of hydrogen-bond acceptors (Lipinski definition) is 1. The van der Waals surface area contributed by atoms with Gasteiger partial charge in [0.15, 0.2) is 0 Å². The number of hydrogen-bond donors (Lipinski definition) is 1. The first kappa shape index (κ1) is 8.76. The van der Waals surface area contributed by atoms with Crippen molar-refractivity contribution < 1.29 is 5.11 Å². The summed E-state index contributed by atoms with van der Waals surface area (Å²) < 4.78 is 0. The van der Waals surface area contributed by atoms with Gasteiger partial charge < -0.3 is 5.11 Å². The van der Waals surface area contributed by atoms with E-state index in [0.29, 0.717) is 0 Å². The molecule has 1 aliphatic carbocycles. The standard InChI is InChI=1S/C12H16O/c1-2-10-3-5-11(6-4-10)9-12(13)7-8-12/h3-6,13H,2,7-9H2,1H3. The van der Waals surface area contributed by atoms with Crippen molar-refractivity contribution in [2.45, 2.75) is 38.2 Å². The van der Waals surface area contributed by atoms with E-state index in [1.54, 1.807) is 0 Å². The normalized spacial score (nSPS) is 18.6. The fraction of sp³-hybridized carbons (Fsp3) is 0.500. The molecule has 0 aliphatic heterocycles. The van der Waals surface area contributed by atoms with Crippen LogP contribution < -0.4 is 0 Å². The maximum Gasteiger partial charge on any atom is 0.0690 e. The first-order chi connectivity index (χ1) is 6.22. The number of rotatable bonds is 3. The average Bonchev–Trinajstić information content (AvgIpc) is 2.85. The van der Waals surface area contributed by atoms with Crippen LogP contribution in [-0.4, -0.2) is 10.7 Å². The van der Waals surface area contributed by atoms with Crippen molar-refractivity contribution >= 4 is 0 Å². The van der Waals surface area contributed by atoms with Crippen molar-refractivity contribution in [3.63, 3.8) is 0 Å². The Morgan fingerprint density at radius 3 is 2.15 bits per heavy atom. The summed E-state index contributed by atoms with van der Waals surface area (Å²) in [7, 11) is 0. The second-order valence-electron chi connectivity index (χ2n) is 4.07. The van der Waals surface area contributed by atoms with Gasteiger partial charge in [-0.2, -0.15) is 0 Å². The monoisotopic (exact) mass is 176 g/mol. The molecule has 0 saturated heterocycles. The number of aliphatic hydroxyl groups is 1. The molecule has 0 radical (unpaired) electrons. The zero-order valence-corrected chi connectivity index (χ0v) is 8.09. The SMILES string of the molecule is CCc1ccc(CC2(O)CC2)cc1. The molecule has 1 N–H and O–H groups in total. The van der Waals surface area contributed by atoms with Gasteiger partial charge in [0, 0.05) is 6.42 Å². The molecule has 13 heavy (non-hydrogen) atoms. The second-order valence-corrected chi connectivity index (χ2v) is 4.07. The van der Waals surface area contributed by atoms with Crippen molar-refractivity contribution in [1.29, 1.82) is 0 Å². The number of aryl methyl sites for hydroxylation is 1. The van der Waals surface area contributed by atoms with Crippen LogP contribution in [-0.2, 0) is 12.8 Å². The Bertz CT molecular complexity index is 282. The summed E-state index contributed by atoms with van der Waals surface area (Å²) in [6.45, 7) is 2.16. The highest BCUT2D eigenvalue weighted by molar-refractivity contribution is 5.24. The zero-order valence-electron chi connectivity index (χ0n) is 8.09. The molecule has 1 saturated carbocycles. The third-order valence-electron chi connectivity index (χ3n) is 2.79. The third kappa shape index (κ3) is 2.10. The van der Waals surface area contributed by atoms with E-state index >= 15 is 0 Å². The lowest BCUT2D eigenvalue weighted by atomic mass is 10.0. The maximum atomic E-state index is 9.71. The summed E-state index contributed by atoms with van der Waals surface area (Å²) >= 11 is 0. The largest absolute Gasteiger partial charge is 0.390 e. The Labute approximate surface area is 79.4 Å². The molecule has 0 bridgehead atoms. The van der Waals surface area contributed by atoms with Crippen molar-refractivity contribution in [2.24, 2.45) is 0 Å². The predicted molar refractivity (Wildman–Crippen MR) is 53.7 cm³/mol. The summed E-state index contributed by atoms with van der Waals surface area (Å²) in [6, 6.07) is 8.58. The molecule has 0 unspecified atom stereocenters. The minimum atomic E-state index is -0.353. The smallest absolute Gasteiger partial charge is 0.0690 e. The summed E-state index contributed by atoms with van der Waals surface area (Å²) in [4.78, 5) is 0. The zero-order chi connectivity index (χ0) is 9.31. The molecule has 0 aromatic heterocycles. The lowest BCUT2D eigenvalue weighted by molar-refractivity contribution is 0.151. The molecule has 0 atom stereocenters. The first-order valence-electron chi connectivity index (χ1n) is 5.02. The van der Waals surface area contributed by atoms with Crippen LogP contribution in [0.1, 0.15) is 30.9 Å². The highest BCUT2D eigenvalue weighted by Gasteiger charge is 2.39. The third-order valence-corrected chi connectivity index (χ3v) is 2.79. The van der Waals surface area contributed by atoms with E-state index in [0.717, 1.165) is 25.7 Å². The molecule has 1 fully saturated rings. The fourth-order valence-electron chi connectivity index (χ4n) is 1.59. The van der Waals surface area contributed by atoms with Gasteiger partial charge in [-0.25, -0.2) is 0 Å². The molecule has 0 spiro atoms. The lowest BCUT2D eigenvalue weighted by Crippen LogP contribution is -2.10. The summed E-state index contributed by atoms with van der Waals surface area (Å²) in [5.74, 6) is 0. The van der Waals surface area contributed by atoms with Crippen molar-refractivity contribution in [1.82, 2.24) is 0 Å². The Kier molecular flexibility index (Phi) is 2.12. The quantitative estimate of drug-likeness (QED) is 0.749. The van der Waals surface area contributed by atoms with Crippen LogP contribution >= 0.6 is 0 Å². The van der Waals surface area contributed by atoms with E-state index in [4.69, 9.17) is 0 Å². The van der Waals surface area contributed by atoms with E-state index < -0.39 is 0 Å². The van der Waals surface area contributed by atoms with Crippen LogP contribution in [0, 0.1) is 0 Å². The minimum Gasteiger partial charge on any atom is -0.390 e. The fourth-order valence-corrected chi connectivity index (χ4v) is 1.59. The Morgan fingerprint density at radius 2 is 1.69 bits per heavy atom. The van der Waals surface area contributed by atoms with Gasteiger partial charge in [0.25, 0.3) is 0 Å². The molecule has 1 aromatic carbocycles. The van der Waals surface area contributed by atoms with Gasteiger partial charge in [0.05, 0.1) is 5.60 Å². The minimum absolute atomic E-state index is 0.353. The Balaban J connectivity index is 2.05. The maximum absolute atomic E-state index is 9.71. The van der Waals surface area contributed by atoms with Crippen LogP contribution in [0.3, 0.4) is 0 Å². The summed E-state index contributed by atoms with van der Waals surface area (Å²) in [5.41, 5.74) is 2.28. The topological polar surface area (TPSA) is 20.2 Å². The van der Waals surface area contributed by atoms with Crippen LogP contribution in [0.2, 0.25) is 0 Å². The molecule has 2 rings (SSSR count). The van der Waals surface area contributed by atoms with Crippen molar-refractivity contribution in [2.75, 3.05) is 0 Å². The van der Waals surface area contributed by atoms with Crippen molar-refractivity contribution in [3.05, 3.63) is 35.4 Å². The molecule has 1 nitrogen and oxygen atoms in total. The number of benzene rings is 1. The average molecular weight is 176 g/mol. The van der Waals surface area contributed by atoms with E-state index in [-0.39, 0.29) is 5.60 Å². The van der Waals surface area contributed by atoms with E-state index in [1.807, 2.05) is 0 Å². The molecular formula is C12H16O. The van der Waals surface area contributed by atoms with Gasteiger partial charge in [0.1, 0.15) is 0 Å². The van der Waals surface area contributed by atoms with Crippen LogP contribution in [0.15, 0.2) is 24.3 Å². The van der Waals surface area contributed by atoms with Crippen LogP contribution in [0.5, 0.6) is 0 Å². The van der Waals surface area contributed by atoms with Crippen LogP contribution in [0.4, 0.5) is 0 Å². The Morgan fingerprint density at radius 1 is 1.15 bits per heavy atom. The van der Waals surface area contributed by atoms with Gasteiger partial charge >= 0.3 is 0 Å². The molecule has 0 amide bonds. The van der Waals surface area contributed by atoms with E-state index in [1.165, 1.54) is 11.1 Å². The summed E-state index contributed by atoms with van der Waals surface area (Å²) in [5, 5.41) is 9.71. The van der Waals surface area contributed by atoms with Gasteiger partial charge in [-0.05, 0) is 30.4 Å². The Hall–Kier alpha value is -0.820. The molecule has 0 heterocycles. The van der Waals surface area contributed by atoms with Gasteiger partial charge in [-0.1, -0.05) is 31.2 Å². The molecular weight excluding hydrogens is 160 g/mol. The van der Waals surface area contributed by atoms with Crippen LogP contribution in [0.25, 0.3) is 0 Å². The van der Waals surface area contributed by atoms with E-state index in [9.17, 15) is 5.11 Å². The molecule has 70 valence electrons. The molecule has 1 aliphatic rings.